The number of nitrogens with zero attached hydrogens (tertiary/aromatic N) is 14. The first-order chi connectivity index (χ1) is 72.6. The van der Waals surface area contributed by atoms with E-state index in [0.717, 1.165) is 207 Å². The third-order valence-electron chi connectivity index (χ3n) is 24.9. The first-order valence-electron chi connectivity index (χ1n) is 48.7. The lowest BCUT2D eigenvalue weighted by Crippen LogP contribution is -2.36. The molecule has 147 heavy (non-hydrogen) atoms. The van der Waals surface area contributed by atoms with Gasteiger partial charge in [0.1, 0.15) is 23.3 Å². The number of pyridine rings is 2. The second-order valence-electron chi connectivity index (χ2n) is 34.7. The molecule has 0 bridgehead atoms. The molecule has 0 spiro atoms. The number of aliphatic hydroxyl groups is 5. The molecule has 1 atom stereocenters. The topological polar surface area (TPSA) is 348 Å². The molecule has 2 saturated heterocycles. The average molecular weight is 2020 g/mol. The van der Waals surface area contributed by atoms with Gasteiger partial charge < -0.3 is 71.7 Å². The van der Waals surface area contributed by atoms with Crippen LogP contribution < -0.4 is 41.7 Å². The number of fused-ring (bicyclic) bond motifs is 4. The zero-order valence-corrected chi connectivity index (χ0v) is 83.7. The van der Waals surface area contributed by atoms with Gasteiger partial charge in [-0.25, -0.2) is 19.9 Å². The van der Waals surface area contributed by atoms with Crippen molar-refractivity contribution in [3.8, 4) is 11.5 Å². The molecular formula is C117H108N20O6S4. The molecule has 2 aliphatic rings. The van der Waals surface area contributed by atoms with Crippen molar-refractivity contribution in [2.75, 3.05) is 61.3 Å². The van der Waals surface area contributed by atoms with Crippen molar-refractivity contribution in [2.45, 2.75) is 143 Å². The Morgan fingerprint density at radius 1 is 0.299 bits per heavy atom. The van der Waals surface area contributed by atoms with Gasteiger partial charge in [0.05, 0.1) is 72.9 Å². The maximum Gasteiger partial charge on any atom is 0.247 e. The lowest BCUT2D eigenvalue weighted by atomic mass is 10.1. The Kier molecular flexibility index (Phi) is 34.1. The number of aliphatic hydroxyl groups excluding tert-OH is 5. The van der Waals surface area contributed by atoms with Crippen molar-refractivity contribution in [2.24, 2.45) is 0 Å². The lowest BCUT2D eigenvalue weighted by molar-refractivity contribution is 0.145. The third kappa shape index (κ3) is 26.0. The molecule has 0 aliphatic carbocycles. The second-order valence-corrected chi connectivity index (χ2v) is 39.0. The summed E-state index contributed by atoms with van der Waals surface area (Å²) in [5, 5.41) is 81.7. The predicted molar refractivity (Wildman–Crippen MR) is 589 cm³/mol. The molecule has 30 heteroatoms. The molecular weight excluding hydrogens is 1910 g/mol. The quantitative estimate of drug-likeness (QED) is 0.0178. The molecule has 0 amide bonds. The van der Waals surface area contributed by atoms with Gasteiger partial charge in [-0.05, 0) is 209 Å². The fourth-order valence-corrected chi connectivity index (χ4v) is 21.5. The zero-order chi connectivity index (χ0) is 100. The Morgan fingerprint density at radius 3 is 1.06 bits per heavy atom. The summed E-state index contributed by atoms with van der Waals surface area (Å²) in [5.74, 6) is 6.54. The first kappa shape index (κ1) is 100.0. The monoisotopic (exact) mass is 2020 g/mol. The van der Waals surface area contributed by atoms with Gasteiger partial charge in [-0.15, -0.1) is 10.2 Å². The average Bonchev–Trinajstić information content (AvgIpc) is 1.74. The number of aromatic nitrogens is 12. The molecule has 26 nitrogen and oxygen atoms in total. The van der Waals surface area contributed by atoms with Gasteiger partial charge in [0, 0.05) is 137 Å². The summed E-state index contributed by atoms with van der Waals surface area (Å²) in [5.41, 5.74) is 14.8. The summed E-state index contributed by atoms with van der Waals surface area (Å²) in [6.07, 6.45) is 8.87. The van der Waals surface area contributed by atoms with E-state index in [1.54, 1.807) is 59.4 Å². The van der Waals surface area contributed by atoms with Crippen LogP contribution in [0.1, 0.15) is 93.4 Å². The molecule has 13 aromatic carbocycles. The minimum atomic E-state index is -0.230. The van der Waals surface area contributed by atoms with E-state index in [1.165, 1.54) is 0 Å². The van der Waals surface area contributed by atoms with Crippen molar-refractivity contribution in [3.63, 3.8) is 0 Å². The Labute approximate surface area is 869 Å². The van der Waals surface area contributed by atoms with Gasteiger partial charge >= 0.3 is 0 Å². The summed E-state index contributed by atoms with van der Waals surface area (Å²) >= 11 is 6.61. The number of hydrogen-bond donors (Lipinski definition) is 11. The maximum absolute atomic E-state index is 9.93. The van der Waals surface area contributed by atoms with Crippen LogP contribution in [0.3, 0.4) is 0 Å². The Balaban J connectivity index is 0.000000124. The van der Waals surface area contributed by atoms with E-state index in [0.29, 0.717) is 80.7 Å². The molecule has 2 aliphatic heterocycles. The number of nitrogens with one attached hydrogen (secondary N) is 6. The van der Waals surface area contributed by atoms with Crippen molar-refractivity contribution >= 4 is 138 Å². The Hall–Kier alpha value is -15.7. The molecule has 20 aromatic rings. The van der Waals surface area contributed by atoms with Crippen LogP contribution in [-0.2, 0) is 65.7 Å². The van der Waals surface area contributed by atoms with Crippen LogP contribution in [0.25, 0.3) is 55.1 Å². The summed E-state index contributed by atoms with van der Waals surface area (Å²) in [6.45, 7) is 5.81. The Morgan fingerprint density at radius 2 is 0.646 bits per heavy atom. The minimum Gasteiger partial charge on any atom is -0.419 e. The van der Waals surface area contributed by atoms with Crippen LogP contribution >= 0.6 is 47.0 Å². The highest BCUT2D eigenvalue weighted by atomic mass is 32.2. The lowest BCUT2D eigenvalue weighted by Gasteiger charge is -2.31. The summed E-state index contributed by atoms with van der Waals surface area (Å²) < 4.78 is 5.86. The third-order valence-corrected chi connectivity index (χ3v) is 29.8. The molecule has 0 radical (unpaired) electrons. The highest BCUT2D eigenvalue weighted by molar-refractivity contribution is 8.00. The molecule has 0 saturated carbocycles. The van der Waals surface area contributed by atoms with Gasteiger partial charge in [-0.2, -0.15) is 19.9 Å². The van der Waals surface area contributed by atoms with Gasteiger partial charge in [0.2, 0.25) is 35.6 Å². The summed E-state index contributed by atoms with van der Waals surface area (Å²) in [4.78, 5) is 60.6. The van der Waals surface area contributed by atoms with Gasteiger partial charge in [-0.1, -0.05) is 265 Å². The van der Waals surface area contributed by atoms with Crippen LogP contribution in [0.4, 0.5) is 47.1 Å². The van der Waals surface area contributed by atoms with Crippen molar-refractivity contribution in [1.82, 2.24) is 60.0 Å². The number of rotatable bonds is 34. The molecule has 2 fully saturated rings. The number of piperidine rings is 1. The molecule has 22 rings (SSSR count). The Bertz CT molecular complexity index is 7800. The van der Waals surface area contributed by atoms with Crippen molar-refractivity contribution < 1.29 is 29.9 Å². The maximum atomic E-state index is 9.93. The predicted octanol–water partition coefficient (Wildman–Crippen LogP) is 23.9. The largest absolute Gasteiger partial charge is 0.419 e. The summed E-state index contributed by atoms with van der Waals surface area (Å²) in [7, 11) is 0. The van der Waals surface area contributed by atoms with E-state index < -0.39 is 0 Å². The SMILES string of the molecule is OCc1ccccc1Sc1ccccc1CNc1nc(N2CCC(O)CC2)c2ccccc2n1.OCc1ccccc1Sc1ccccc1CNc1nc(N2CCCC2c2ccccn2)c2ccccc2n1.OCc1ccccc1Sc1ccccc1CNc1nc(NCc2ccncc2)c2ccccc2n1.OCc1ccccc1Sc1ccccc1CNc1nc(NCc2nnc(-c3ccccc3)o2)c2ccccc2n1. The first-order valence-corrected chi connectivity index (χ1v) is 52.0. The van der Waals surface area contributed by atoms with E-state index in [4.69, 9.17) is 44.3 Å². The highest BCUT2D eigenvalue weighted by Gasteiger charge is 2.31. The molecule has 736 valence electrons. The number of hydrogen-bond acceptors (Lipinski definition) is 30. The zero-order valence-electron chi connectivity index (χ0n) is 80.4. The van der Waals surface area contributed by atoms with E-state index >= 15 is 0 Å². The van der Waals surface area contributed by atoms with Crippen molar-refractivity contribution in [3.05, 3.63) is 432 Å². The van der Waals surface area contributed by atoms with Crippen molar-refractivity contribution in [1.29, 1.82) is 0 Å². The normalized spacial score (nSPS) is 12.9. The van der Waals surface area contributed by atoms with E-state index in [1.807, 2.05) is 285 Å². The van der Waals surface area contributed by atoms with E-state index in [-0.39, 0.29) is 38.6 Å². The number of para-hydroxylation sites is 4. The fourth-order valence-electron chi connectivity index (χ4n) is 17.3. The molecule has 7 aromatic heterocycles. The number of benzene rings is 13. The van der Waals surface area contributed by atoms with E-state index in [2.05, 4.69) is 135 Å². The second kappa shape index (κ2) is 50.2. The van der Waals surface area contributed by atoms with Gasteiger partial charge in [0.25, 0.3) is 0 Å². The van der Waals surface area contributed by atoms with Gasteiger partial charge in [0.15, 0.2) is 0 Å². The molecule has 1 unspecified atom stereocenters. The van der Waals surface area contributed by atoms with Crippen LogP contribution in [0.5, 0.6) is 0 Å². The molecule has 9 heterocycles. The van der Waals surface area contributed by atoms with Crippen LogP contribution in [-0.4, -0.2) is 111 Å². The van der Waals surface area contributed by atoms with Crippen LogP contribution in [0, 0.1) is 0 Å². The fraction of sp³-hybridized carbons (Fsp3) is 0.162. The minimum absolute atomic E-state index is 0.00144. The highest BCUT2D eigenvalue weighted by Crippen LogP contribution is 2.42. The smallest absolute Gasteiger partial charge is 0.247 e. The standard InChI is InChI=1S/C31H26N6O2S.C31H29N5OS.C28H25N5OS.C27H28N4O2S/c38-20-23-13-5-9-17-27(23)40-26-16-8-4-12-22(26)18-33-31-34-25-15-7-6-14-24(25)29(35-31)32-19-28-36-37-30(39-28)21-10-2-1-3-11-21;37-21-23-11-2-6-17-29(23)38-28-16-5-1-10-22(28)20-33-31-34-25-13-4-3-12-24(25)30(35-31)36-19-9-15-27(36)26-14-7-8-18-32-26;34-19-22-8-2-6-12-26(22)35-25-11-5-1-7-21(25)18-31-28-32-24-10-4-3-9-23(24)27(33-28)30-17-20-13-15-29-16-14-20;32-18-20-8-2-6-12-25(20)34-24-11-5-1-7-19(24)17-28-27-29-23-10-4-3-9-22(23)26(30-27)31-15-13-21(33)14-16-31/h1-17,38H,18-20H2,(H2,32,33,34,35);1-8,10-14,16-18,27,37H,9,15,19-21H2,(H,33,34,35);1-16,34H,17-19H2,(H2,30,31,32,33);1-12,21,32-33H,13-18H2,(H,28,29,30). The van der Waals surface area contributed by atoms with Crippen LogP contribution in [0.15, 0.2) is 414 Å². The summed E-state index contributed by atoms with van der Waals surface area (Å²) in [6, 6.07) is 117. The van der Waals surface area contributed by atoms with Gasteiger partial charge in [-0.3, -0.25) is 9.97 Å². The van der Waals surface area contributed by atoms with E-state index in [9.17, 15) is 25.5 Å². The number of anilines is 8. The molecule has 11 N–H and O–H groups in total. The van der Waals surface area contributed by atoms with Crippen LogP contribution in [0.2, 0.25) is 0 Å².